The number of aryl methyl sites for hydroxylation is 1. The molecule has 1 amide bonds. The normalized spacial score (nSPS) is 10.1. The zero-order chi connectivity index (χ0) is 14.7. The van der Waals surface area contributed by atoms with Crippen molar-refractivity contribution in [1.82, 2.24) is 0 Å². The van der Waals surface area contributed by atoms with E-state index in [1.165, 1.54) is 18.2 Å². The van der Waals surface area contributed by atoms with E-state index >= 15 is 0 Å². The molecule has 6 heteroatoms. The van der Waals surface area contributed by atoms with Crippen molar-refractivity contribution in [3.8, 4) is 0 Å². The number of carbonyl (C=O) groups is 1. The molecular formula is C14H13N3O3. The SMILES string of the molecule is Cc1cccc(NC(=O)c2cc(N)ccc2[N+](=O)[O-])c1. The summed E-state index contributed by atoms with van der Waals surface area (Å²) >= 11 is 0. The van der Waals surface area contributed by atoms with Crippen molar-refractivity contribution in [1.29, 1.82) is 0 Å². The van der Waals surface area contributed by atoms with E-state index in [1.54, 1.807) is 18.2 Å². The molecule has 0 saturated carbocycles. The average molecular weight is 271 g/mol. The highest BCUT2D eigenvalue weighted by atomic mass is 16.6. The van der Waals surface area contributed by atoms with Gasteiger partial charge in [-0.2, -0.15) is 0 Å². The van der Waals surface area contributed by atoms with Crippen LogP contribution < -0.4 is 11.1 Å². The summed E-state index contributed by atoms with van der Waals surface area (Å²) in [6.45, 7) is 1.89. The van der Waals surface area contributed by atoms with Crippen LogP contribution in [0.2, 0.25) is 0 Å². The largest absolute Gasteiger partial charge is 0.399 e. The van der Waals surface area contributed by atoms with E-state index in [0.717, 1.165) is 5.56 Å². The van der Waals surface area contributed by atoms with E-state index in [9.17, 15) is 14.9 Å². The Bertz CT molecular complexity index is 683. The lowest BCUT2D eigenvalue weighted by Gasteiger charge is -2.07. The summed E-state index contributed by atoms with van der Waals surface area (Å²) in [5.74, 6) is -0.561. The van der Waals surface area contributed by atoms with Crippen LogP contribution in [-0.4, -0.2) is 10.8 Å². The lowest BCUT2D eigenvalue weighted by Crippen LogP contribution is -2.14. The summed E-state index contributed by atoms with van der Waals surface area (Å²) in [6, 6.07) is 11.1. The molecule has 2 aromatic rings. The molecule has 0 aliphatic heterocycles. The van der Waals surface area contributed by atoms with E-state index in [2.05, 4.69) is 5.32 Å². The smallest absolute Gasteiger partial charge is 0.282 e. The van der Waals surface area contributed by atoms with Crippen molar-refractivity contribution in [2.75, 3.05) is 11.1 Å². The van der Waals surface area contributed by atoms with Gasteiger partial charge in [-0.1, -0.05) is 12.1 Å². The van der Waals surface area contributed by atoms with Crippen LogP contribution in [0.1, 0.15) is 15.9 Å². The second-order valence-electron chi connectivity index (χ2n) is 4.36. The maximum atomic E-state index is 12.1. The van der Waals surface area contributed by atoms with Crippen molar-refractivity contribution in [3.63, 3.8) is 0 Å². The number of amides is 1. The Morgan fingerprint density at radius 1 is 1.25 bits per heavy atom. The van der Waals surface area contributed by atoms with E-state index in [1.807, 2.05) is 13.0 Å². The number of nitro groups is 1. The standard InChI is InChI=1S/C14H13N3O3/c1-9-3-2-4-11(7-9)16-14(18)12-8-10(15)5-6-13(12)17(19)20/h2-8H,15H2,1H3,(H,16,18). The molecule has 3 N–H and O–H groups in total. The van der Waals surface area contributed by atoms with Gasteiger partial charge in [-0.3, -0.25) is 14.9 Å². The minimum Gasteiger partial charge on any atom is -0.399 e. The van der Waals surface area contributed by atoms with Crippen molar-refractivity contribution >= 4 is 23.0 Å². The summed E-state index contributed by atoms with van der Waals surface area (Å²) in [7, 11) is 0. The third-order valence-electron chi connectivity index (χ3n) is 2.74. The number of carbonyl (C=O) groups excluding carboxylic acids is 1. The van der Waals surface area contributed by atoms with E-state index in [4.69, 9.17) is 5.73 Å². The fraction of sp³-hybridized carbons (Fsp3) is 0.0714. The van der Waals surface area contributed by atoms with E-state index in [-0.39, 0.29) is 11.3 Å². The number of hydrogen-bond donors (Lipinski definition) is 2. The third kappa shape index (κ3) is 2.92. The number of anilines is 2. The van der Waals surface area contributed by atoms with Gasteiger partial charge < -0.3 is 11.1 Å². The molecule has 0 aliphatic carbocycles. The molecule has 0 spiro atoms. The number of nitrogen functional groups attached to an aromatic ring is 1. The fourth-order valence-corrected chi connectivity index (χ4v) is 1.82. The zero-order valence-electron chi connectivity index (χ0n) is 10.8. The molecule has 102 valence electrons. The van der Waals surface area contributed by atoms with Crippen LogP contribution in [0.15, 0.2) is 42.5 Å². The molecule has 0 aliphatic rings. The van der Waals surface area contributed by atoms with Gasteiger partial charge in [0, 0.05) is 17.4 Å². The molecule has 2 aromatic carbocycles. The molecule has 0 aromatic heterocycles. The number of rotatable bonds is 3. The molecular weight excluding hydrogens is 258 g/mol. The number of benzene rings is 2. The first-order chi connectivity index (χ1) is 9.47. The lowest BCUT2D eigenvalue weighted by atomic mass is 10.1. The van der Waals surface area contributed by atoms with Crippen LogP contribution in [0.3, 0.4) is 0 Å². The molecule has 0 bridgehead atoms. The van der Waals surface area contributed by atoms with E-state index in [0.29, 0.717) is 11.4 Å². The Morgan fingerprint density at radius 2 is 2.00 bits per heavy atom. The summed E-state index contributed by atoms with van der Waals surface area (Å²) < 4.78 is 0. The highest BCUT2D eigenvalue weighted by molar-refractivity contribution is 6.07. The molecule has 0 unspecified atom stereocenters. The van der Waals surface area contributed by atoms with Crippen LogP contribution in [0.25, 0.3) is 0 Å². The summed E-state index contributed by atoms with van der Waals surface area (Å²) in [4.78, 5) is 22.5. The first-order valence-electron chi connectivity index (χ1n) is 5.89. The van der Waals surface area contributed by atoms with Crippen molar-refractivity contribution in [3.05, 3.63) is 63.7 Å². The first kappa shape index (κ1) is 13.5. The number of nitrogens with two attached hydrogens (primary N) is 1. The molecule has 20 heavy (non-hydrogen) atoms. The highest BCUT2D eigenvalue weighted by Crippen LogP contribution is 2.22. The monoisotopic (exact) mass is 271 g/mol. The Balaban J connectivity index is 2.34. The minimum atomic E-state index is -0.607. The van der Waals surface area contributed by atoms with Gasteiger partial charge in [0.05, 0.1) is 4.92 Å². The van der Waals surface area contributed by atoms with Gasteiger partial charge >= 0.3 is 0 Å². The van der Waals surface area contributed by atoms with Crippen molar-refractivity contribution < 1.29 is 9.72 Å². The second-order valence-corrected chi connectivity index (χ2v) is 4.36. The van der Waals surface area contributed by atoms with Gasteiger partial charge in [0.15, 0.2) is 0 Å². The molecule has 0 heterocycles. The quantitative estimate of drug-likeness (QED) is 0.509. The molecule has 2 rings (SSSR count). The summed E-state index contributed by atoms with van der Waals surface area (Å²) in [5.41, 5.74) is 7.10. The Morgan fingerprint density at radius 3 is 2.65 bits per heavy atom. The minimum absolute atomic E-state index is 0.0588. The number of nitrogens with zero attached hydrogens (tertiary/aromatic N) is 1. The Hall–Kier alpha value is -2.89. The van der Waals surface area contributed by atoms with Crippen molar-refractivity contribution in [2.45, 2.75) is 6.92 Å². The van der Waals surface area contributed by atoms with E-state index < -0.39 is 10.8 Å². The van der Waals surface area contributed by atoms with Gasteiger partial charge in [0.2, 0.25) is 0 Å². The third-order valence-corrected chi connectivity index (χ3v) is 2.74. The molecule has 6 nitrogen and oxygen atoms in total. The fourth-order valence-electron chi connectivity index (χ4n) is 1.82. The number of nitro benzene ring substituents is 1. The van der Waals surface area contributed by atoms with Crippen LogP contribution in [0.4, 0.5) is 17.1 Å². The Labute approximate surface area is 115 Å². The topological polar surface area (TPSA) is 98.3 Å². The van der Waals surface area contributed by atoms with Gasteiger partial charge in [-0.25, -0.2) is 0 Å². The second kappa shape index (κ2) is 5.40. The first-order valence-corrected chi connectivity index (χ1v) is 5.89. The lowest BCUT2D eigenvalue weighted by molar-refractivity contribution is -0.385. The van der Waals surface area contributed by atoms with Gasteiger partial charge in [-0.15, -0.1) is 0 Å². The van der Waals surface area contributed by atoms with Crippen LogP contribution in [0, 0.1) is 17.0 Å². The van der Waals surface area contributed by atoms with Crippen LogP contribution in [-0.2, 0) is 0 Å². The van der Waals surface area contributed by atoms with Gasteiger partial charge in [0.1, 0.15) is 5.56 Å². The predicted molar refractivity (Wildman–Crippen MR) is 76.6 cm³/mol. The zero-order valence-corrected chi connectivity index (χ0v) is 10.8. The summed E-state index contributed by atoms with van der Waals surface area (Å²) in [5, 5.41) is 13.6. The highest BCUT2D eigenvalue weighted by Gasteiger charge is 2.20. The van der Waals surface area contributed by atoms with Crippen LogP contribution in [0.5, 0.6) is 0 Å². The maximum absolute atomic E-state index is 12.1. The number of nitrogens with one attached hydrogen (secondary N) is 1. The molecule has 0 fully saturated rings. The van der Waals surface area contributed by atoms with Crippen molar-refractivity contribution in [2.24, 2.45) is 0 Å². The predicted octanol–water partition coefficient (Wildman–Crippen LogP) is 2.74. The summed E-state index contributed by atoms with van der Waals surface area (Å²) in [6.07, 6.45) is 0. The molecule has 0 radical (unpaired) electrons. The molecule has 0 atom stereocenters. The number of hydrogen-bond acceptors (Lipinski definition) is 4. The van der Waals surface area contributed by atoms with Gasteiger partial charge in [0.25, 0.3) is 11.6 Å². The van der Waals surface area contributed by atoms with Gasteiger partial charge in [-0.05, 0) is 36.8 Å². The average Bonchev–Trinajstić information content (AvgIpc) is 2.38. The Kier molecular flexibility index (Phi) is 3.65. The maximum Gasteiger partial charge on any atom is 0.282 e. The molecule has 0 saturated heterocycles. The van der Waals surface area contributed by atoms with Crippen LogP contribution >= 0.6 is 0 Å².